The Hall–Kier alpha value is -4.32. The van der Waals surface area contributed by atoms with Crippen LogP contribution < -0.4 is 10.6 Å². The van der Waals surface area contributed by atoms with Gasteiger partial charge in [-0.2, -0.15) is 18.3 Å². The van der Waals surface area contributed by atoms with Gasteiger partial charge in [-0.25, -0.2) is 0 Å². The number of carbonyl (C=O) groups is 2. The number of anilines is 1. The van der Waals surface area contributed by atoms with E-state index in [0.29, 0.717) is 34.6 Å². The number of methoxy groups -OCH3 is 2. The van der Waals surface area contributed by atoms with E-state index in [1.807, 2.05) is 6.07 Å². The molecule has 1 unspecified atom stereocenters. The van der Waals surface area contributed by atoms with Crippen LogP contribution in [0.3, 0.4) is 0 Å². The molecule has 0 saturated heterocycles. The van der Waals surface area contributed by atoms with E-state index in [-0.39, 0.29) is 12.3 Å². The normalized spacial score (nSPS) is 14.7. The van der Waals surface area contributed by atoms with Crippen molar-refractivity contribution in [3.8, 4) is 11.1 Å². The number of rotatable bonds is 9. The lowest BCUT2D eigenvalue weighted by atomic mass is 9.97. The van der Waals surface area contributed by atoms with E-state index in [9.17, 15) is 22.8 Å². The lowest BCUT2D eigenvalue weighted by Crippen LogP contribution is -2.26. The zero-order valence-electron chi connectivity index (χ0n) is 22.2. The molecule has 1 amide bonds. The lowest BCUT2D eigenvalue weighted by Gasteiger charge is -2.14. The first-order chi connectivity index (χ1) is 19.7. The summed E-state index contributed by atoms with van der Waals surface area (Å²) in [5.41, 5.74) is 3.35. The van der Waals surface area contributed by atoms with Gasteiger partial charge in [0, 0.05) is 38.2 Å². The quantitative estimate of drug-likeness (QED) is 0.260. The standard InChI is InChI=1S/C30H27F3N4O4/c1-40-29(41-2)25-13-14-37(36-25)17-26(38)27-23-12-11-21(15-19(23)16-34-27)35-28(39)24-6-4-3-5-22(24)18-7-9-20(10-8-18)30(31,32)33/h3-15,27,29,34H,16-17H2,1-2H3,(H,35,39). The van der Waals surface area contributed by atoms with Crippen LogP contribution in [0.2, 0.25) is 0 Å². The van der Waals surface area contributed by atoms with Crippen molar-refractivity contribution in [2.24, 2.45) is 0 Å². The molecule has 1 atom stereocenters. The number of halogens is 3. The lowest BCUT2D eigenvalue weighted by molar-refractivity contribution is -0.137. The third-order valence-electron chi connectivity index (χ3n) is 6.87. The number of carbonyl (C=O) groups excluding carboxylic acids is 2. The molecule has 212 valence electrons. The van der Waals surface area contributed by atoms with Crippen LogP contribution in [0.15, 0.2) is 79.0 Å². The summed E-state index contributed by atoms with van der Waals surface area (Å²) in [4.78, 5) is 26.3. The van der Waals surface area contributed by atoms with Gasteiger partial charge >= 0.3 is 6.18 Å². The van der Waals surface area contributed by atoms with Gasteiger partial charge in [0.15, 0.2) is 5.78 Å². The Bertz CT molecular complexity index is 1560. The number of ketones is 1. The fraction of sp³-hybridized carbons (Fsp3) is 0.233. The number of Topliss-reactive ketones (excluding diaryl/α,β-unsaturated/α-hetero) is 1. The first-order valence-electron chi connectivity index (χ1n) is 12.7. The number of aromatic nitrogens is 2. The van der Waals surface area contributed by atoms with Crippen LogP contribution >= 0.6 is 0 Å². The molecule has 0 bridgehead atoms. The number of amides is 1. The predicted molar refractivity (Wildman–Crippen MR) is 145 cm³/mol. The number of nitrogens with zero attached hydrogens (tertiary/aromatic N) is 2. The Labute approximate surface area is 234 Å². The second-order valence-electron chi connectivity index (χ2n) is 9.51. The van der Waals surface area contributed by atoms with E-state index in [0.717, 1.165) is 23.3 Å². The largest absolute Gasteiger partial charge is 0.416 e. The molecule has 4 aromatic rings. The number of nitrogens with one attached hydrogen (secondary N) is 2. The monoisotopic (exact) mass is 564 g/mol. The zero-order valence-corrected chi connectivity index (χ0v) is 22.2. The van der Waals surface area contributed by atoms with Crippen molar-refractivity contribution in [2.75, 3.05) is 19.5 Å². The molecule has 1 aliphatic rings. The summed E-state index contributed by atoms with van der Waals surface area (Å²) in [6, 6.07) is 18.0. The summed E-state index contributed by atoms with van der Waals surface area (Å²) in [5.74, 6) is -0.481. The SMILES string of the molecule is COC(OC)c1ccn(CC(=O)C2NCc3cc(NC(=O)c4ccccc4-c4ccc(C(F)(F)F)cc4)ccc32)n1. The van der Waals surface area contributed by atoms with E-state index < -0.39 is 30.0 Å². The smallest absolute Gasteiger partial charge is 0.350 e. The highest BCUT2D eigenvalue weighted by Crippen LogP contribution is 2.33. The maximum absolute atomic E-state index is 13.2. The number of ether oxygens (including phenoxy) is 2. The highest BCUT2D eigenvalue weighted by Gasteiger charge is 2.31. The fourth-order valence-corrected chi connectivity index (χ4v) is 4.88. The molecule has 0 radical (unpaired) electrons. The summed E-state index contributed by atoms with van der Waals surface area (Å²) in [6.45, 7) is 0.494. The topological polar surface area (TPSA) is 94.5 Å². The third kappa shape index (κ3) is 6.07. The molecule has 8 nitrogen and oxygen atoms in total. The van der Waals surface area contributed by atoms with Gasteiger partial charge in [0.1, 0.15) is 12.2 Å². The number of hydrogen-bond acceptors (Lipinski definition) is 6. The molecule has 11 heteroatoms. The summed E-state index contributed by atoms with van der Waals surface area (Å²) in [7, 11) is 3.01. The van der Waals surface area contributed by atoms with Crippen LogP contribution in [0.5, 0.6) is 0 Å². The summed E-state index contributed by atoms with van der Waals surface area (Å²) >= 11 is 0. The van der Waals surface area contributed by atoms with Gasteiger partial charge in [-0.3, -0.25) is 19.6 Å². The molecule has 5 rings (SSSR count). The molecule has 0 fully saturated rings. The molecular formula is C30H27F3N4O4. The first-order valence-corrected chi connectivity index (χ1v) is 12.7. The van der Waals surface area contributed by atoms with Crippen molar-refractivity contribution >= 4 is 17.4 Å². The molecule has 3 aromatic carbocycles. The van der Waals surface area contributed by atoms with E-state index in [1.165, 1.54) is 31.0 Å². The minimum Gasteiger partial charge on any atom is -0.350 e. The summed E-state index contributed by atoms with van der Waals surface area (Å²) in [6.07, 6.45) is -3.37. The van der Waals surface area contributed by atoms with Gasteiger partial charge in [-0.1, -0.05) is 36.4 Å². The Morgan fingerprint density at radius 1 is 1.05 bits per heavy atom. The molecular weight excluding hydrogens is 537 g/mol. The van der Waals surface area contributed by atoms with Crippen LogP contribution in [0, 0.1) is 0 Å². The second-order valence-corrected chi connectivity index (χ2v) is 9.51. The van der Waals surface area contributed by atoms with Gasteiger partial charge in [0.05, 0.1) is 11.6 Å². The Kier molecular flexibility index (Phi) is 8.02. The Morgan fingerprint density at radius 2 is 1.78 bits per heavy atom. The highest BCUT2D eigenvalue weighted by atomic mass is 19.4. The highest BCUT2D eigenvalue weighted by molar-refractivity contribution is 6.08. The molecule has 0 saturated carbocycles. The minimum atomic E-state index is -4.44. The van der Waals surface area contributed by atoms with E-state index >= 15 is 0 Å². The van der Waals surface area contributed by atoms with Gasteiger partial charge in [-0.05, 0) is 58.7 Å². The fourth-order valence-electron chi connectivity index (χ4n) is 4.88. The number of hydrogen-bond donors (Lipinski definition) is 2. The maximum atomic E-state index is 13.2. The van der Waals surface area contributed by atoms with E-state index in [1.54, 1.807) is 48.7 Å². The third-order valence-corrected chi connectivity index (χ3v) is 6.87. The molecule has 0 aliphatic carbocycles. The van der Waals surface area contributed by atoms with Gasteiger partial charge in [-0.15, -0.1) is 0 Å². The van der Waals surface area contributed by atoms with Gasteiger partial charge < -0.3 is 14.8 Å². The van der Waals surface area contributed by atoms with Gasteiger partial charge in [0.25, 0.3) is 5.91 Å². The summed E-state index contributed by atoms with van der Waals surface area (Å²) in [5, 5.41) is 10.5. The molecule has 0 spiro atoms. The Morgan fingerprint density at radius 3 is 2.49 bits per heavy atom. The van der Waals surface area contributed by atoms with Crippen LogP contribution in [0.1, 0.15) is 45.1 Å². The van der Waals surface area contributed by atoms with Gasteiger partial charge in [0.2, 0.25) is 6.29 Å². The maximum Gasteiger partial charge on any atom is 0.416 e. The predicted octanol–water partition coefficient (Wildman–Crippen LogP) is 5.53. The van der Waals surface area contributed by atoms with Crippen molar-refractivity contribution in [1.82, 2.24) is 15.1 Å². The Balaban J connectivity index is 1.28. The molecule has 1 aromatic heterocycles. The zero-order chi connectivity index (χ0) is 29.1. The van der Waals surface area contributed by atoms with E-state index in [2.05, 4.69) is 15.7 Å². The average molecular weight is 565 g/mol. The minimum absolute atomic E-state index is 0.0521. The van der Waals surface area contributed by atoms with Crippen molar-refractivity contribution in [2.45, 2.75) is 31.6 Å². The van der Waals surface area contributed by atoms with Crippen LogP contribution in [0.4, 0.5) is 18.9 Å². The molecule has 2 N–H and O–H groups in total. The number of alkyl halides is 3. The molecule has 1 aliphatic heterocycles. The van der Waals surface area contributed by atoms with Crippen LogP contribution in [-0.2, 0) is 33.5 Å². The van der Waals surface area contributed by atoms with E-state index in [4.69, 9.17) is 9.47 Å². The van der Waals surface area contributed by atoms with Crippen molar-refractivity contribution < 1.29 is 32.2 Å². The second kappa shape index (κ2) is 11.7. The average Bonchev–Trinajstić information content (AvgIpc) is 3.60. The summed E-state index contributed by atoms with van der Waals surface area (Å²) < 4.78 is 50.9. The van der Waals surface area contributed by atoms with Crippen molar-refractivity contribution in [3.63, 3.8) is 0 Å². The van der Waals surface area contributed by atoms with Crippen molar-refractivity contribution in [1.29, 1.82) is 0 Å². The number of benzene rings is 3. The first kappa shape index (κ1) is 28.2. The molecule has 41 heavy (non-hydrogen) atoms. The molecule has 2 heterocycles. The van der Waals surface area contributed by atoms with Crippen LogP contribution in [0.25, 0.3) is 11.1 Å². The number of fused-ring (bicyclic) bond motifs is 1. The van der Waals surface area contributed by atoms with Crippen molar-refractivity contribution in [3.05, 3.63) is 107 Å². The van der Waals surface area contributed by atoms with Crippen LogP contribution in [-0.4, -0.2) is 35.7 Å².